The van der Waals surface area contributed by atoms with E-state index in [1.165, 1.54) is 23.1 Å². The summed E-state index contributed by atoms with van der Waals surface area (Å²) in [6.45, 7) is 0. The van der Waals surface area contributed by atoms with Gasteiger partial charge in [-0.05, 0) is 47.9 Å². The highest BCUT2D eigenvalue weighted by Crippen LogP contribution is 2.45. The van der Waals surface area contributed by atoms with E-state index in [1.807, 2.05) is 42.5 Å². The van der Waals surface area contributed by atoms with E-state index in [0.717, 1.165) is 32.6 Å². The molecule has 4 amide bonds. The quantitative estimate of drug-likeness (QED) is 0.212. The molecule has 3 atom stereocenters. The molecule has 0 bridgehead atoms. The van der Waals surface area contributed by atoms with Gasteiger partial charge in [0.1, 0.15) is 23.9 Å². The third kappa shape index (κ3) is 4.79. The summed E-state index contributed by atoms with van der Waals surface area (Å²) in [5, 5.41) is 21.8. The monoisotopic (exact) mass is 596 g/mol. The van der Waals surface area contributed by atoms with Crippen LogP contribution in [0.2, 0.25) is 0 Å². The number of carbonyl (C=O) groups excluding carboxylic acids is 3. The van der Waals surface area contributed by atoms with Crippen LogP contribution in [0.1, 0.15) is 46.1 Å². The third-order valence-electron chi connectivity index (χ3n) is 8.10. The van der Waals surface area contributed by atoms with Crippen molar-refractivity contribution in [1.29, 1.82) is 0 Å². The van der Waals surface area contributed by atoms with Gasteiger partial charge in [0.05, 0.1) is 18.4 Å². The molecular weight excluding hydrogens is 568 g/mol. The number of hydrogen-bond acceptors (Lipinski definition) is 6. The Kier molecular flexibility index (Phi) is 7.25. The van der Waals surface area contributed by atoms with Crippen LogP contribution in [0.4, 0.5) is 10.5 Å². The molecule has 3 heterocycles. The number of methoxy groups -OCH3 is 1. The maximum atomic E-state index is 14.3. The number of aromatic amines is 1. The van der Waals surface area contributed by atoms with E-state index in [9.17, 15) is 29.1 Å². The zero-order valence-electron chi connectivity index (χ0n) is 23.5. The van der Waals surface area contributed by atoms with Crippen LogP contribution in [0.15, 0.2) is 72.8 Å². The number of anilines is 1. The fraction of sp³-hybridized carbons (Fsp3) is 0.219. The van der Waals surface area contributed by atoms with Gasteiger partial charge < -0.3 is 25.3 Å². The van der Waals surface area contributed by atoms with Crippen molar-refractivity contribution in [3.05, 3.63) is 95.2 Å². The van der Waals surface area contributed by atoms with E-state index in [0.29, 0.717) is 5.75 Å². The second-order valence-corrected chi connectivity index (χ2v) is 10.6. The van der Waals surface area contributed by atoms with Gasteiger partial charge in [-0.1, -0.05) is 42.5 Å². The first-order valence-corrected chi connectivity index (χ1v) is 13.9. The SMILES string of the molecule is COc1cccc(C2c3[nH]c4ccccc4c3C[C@H]3C(=O)N(c4ccccc4C(=O)N[C@H](CCC(=O)O)C(=O)O)C(=O)N23)c1. The summed E-state index contributed by atoms with van der Waals surface area (Å²) < 4.78 is 5.45. The second-order valence-electron chi connectivity index (χ2n) is 10.6. The minimum absolute atomic E-state index is 0.00492. The number of ether oxygens (including phenoxy) is 1. The van der Waals surface area contributed by atoms with E-state index in [-0.39, 0.29) is 24.1 Å². The molecule has 0 spiro atoms. The number of carboxylic acid groups (broad SMARTS) is 2. The number of benzene rings is 3. The number of carbonyl (C=O) groups is 5. The molecule has 2 aliphatic rings. The van der Waals surface area contributed by atoms with Gasteiger partial charge in [-0.2, -0.15) is 0 Å². The first kappa shape index (κ1) is 28.5. The number of nitrogens with one attached hydrogen (secondary N) is 2. The molecule has 0 aliphatic carbocycles. The summed E-state index contributed by atoms with van der Waals surface area (Å²) in [5.74, 6) is -3.42. The van der Waals surface area contributed by atoms with Crippen LogP contribution in [0.5, 0.6) is 5.75 Å². The minimum atomic E-state index is -1.49. The Hall–Kier alpha value is -5.65. The fourth-order valence-electron chi connectivity index (χ4n) is 6.08. The Morgan fingerprint density at radius 1 is 1.02 bits per heavy atom. The normalized spacial score (nSPS) is 18.1. The van der Waals surface area contributed by atoms with E-state index < -0.39 is 54.3 Å². The predicted molar refractivity (Wildman–Crippen MR) is 158 cm³/mol. The van der Waals surface area contributed by atoms with Crippen LogP contribution < -0.4 is 15.0 Å². The molecule has 12 heteroatoms. The van der Waals surface area contributed by atoms with E-state index >= 15 is 0 Å². The summed E-state index contributed by atoms with van der Waals surface area (Å²) >= 11 is 0. The standard InChI is InChI=1S/C32H28N4O8/c1-44-18-8-6-7-17(15-18)28-27-21(19-9-2-4-11-22(19)33-27)16-25-30(40)36(32(43)35(25)28)24-12-5-3-10-20(24)29(39)34-23(31(41)42)13-14-26(37)38/h2-12,15,23,25,28,33H,13-14,16H2,1H3,(H,34,39)(H,37,38)(H,41,42)/t23-,25+,28?/m1/s1. The Bertz CT molecular complexity index is 1830. The van der Waals surface area contributed by atoms with Gasteiger partial charge in [0, 0.05) is 29.4 Å². The predicted octanol–water partition coefficient (Wildman–Crippen LogP) is 3.71. The van der Waals surface area contributed by atoms with Crippen LogP contribution in [-0.2, 0) is 20.8 Å². The highest BCUT2D eigenvalue weighted by molar-refractivity contribution is 6.24. The zero-order chi connectivity index (χ0) is 31.1. The fourth-order valence-corrected chi connectivity index (χ4v) is 6.08. The van der Waals surface area contributed by atoms with E-state index in [1.54, 1.807) is 19.2 Å². The molecule has 3 aromatic carbocycles. The number of fused-ring (bicyclic) bond motifs is 4. The van der Waals surface area contributed by atoms with Gasteiger partial charge >= 0.3 is 18.0 Å². The van der Waals surface area contributed by atoms with Gasteiger partial charge in [0.2, 0.25) is 0 Å². The number of aromatic nitrogens is 1. The van der Waals surface area contributed by atoms with Crippen molar-refractivity contribution in [2.24, 2.45) is 0 Å². The number of aliphatic carboxylic acids is 2. The van der Waals surface area contributed by atoms with Crippen molar-refractivity contribution in [3.8, 4) is 5.75 Å². The molecule has 44 heavy (non-hydrogen) atoms. The second kappa shape index (κ2) is 11.2. The number of nitrogens with zero attached hydrogens (tertiary/aromatic N) is 2. The molecular formula is C32H28N4O8. The molecule has 6 rings (SSSR count). The van der Waals surface area contributed by atoms with Crippen molar-refractivity contribution < 1.29 is 38.9 Å². The van der Waals surface area contributed by atoms with Gasteiger partial charge in [-0.25, -0.2) is 14.5 Å². The Balaban J connectivity index is 1.41. The topological polar surface area (TPSA) is 169 Å². The molecule has 1 aromatic heterocycles. The van der Waals surface area contributed by atoms with Crippen molar-refractivity contribution in [3.63, 3.8) is 0 Å². The van der Waals surface area contributed by atoms with Crippen LogP contribution in [0.25, 0.3) is 10.9 Å². The maximum absolute atomic E-state index is 14.3. The number of amides is 4. The number of hydrogen-bond donors (Lipinski definition) is 4. The van der Waals surface area contributed by atoms with Crippen molar-refractivity contribution in [2.75, 3.05) is 12.0 Å². The highest BCUT2D eigenvalue weighted by atomic mass is 16.5. The van der Waals surface area contributed by atoms with Gasteiger partial charge in [0.25, 0.3) is 11.8 Å². The lowest BCUT2D eigenvalue weighted by molar-refractivity contribution is -0.140. The summed E-state index contributed by atoms with van der Waals surface area (Å²) in [6, 6.07) is 17.2. The molecule has 4 N–H and O–H groups in total. The van der Waals surface area contributed by atoms with Crippen molar-refractivity contribution in [1.82, 2.24) is 15.2 Å². The molecule has 1 unspecified atom stereocenters. The molecule has 0 saturated carbocycles. The number of rotatable bonds is 9. The molecule has 2 aliphatic heterocycles. The number of para-hydroxylation sites is 2. The molecule has 224 valence electrons. The first-order chi connectivity index (χ1) is 21.2. The van der Waals surface area contributed by atoms with E-state index in [4.69, 9.17) is 9.84 Å². The zero-order valence-corrected chi connectivity index (χ0v) is 23.5. The van der Waals surface area contributed by atoms with Crippen LogP contribution in [0, 0.1) is 0 Å². The van der Waals surface area contributed by atoms with Crippen LogP contribution >= 0.6 is 0 Å². The van der Waals surface area contributed by atoms with Crippen LogP contribution in [-0.4, -0.2) is 69.1 Å². The molecule has 12 nitrogen and oxygen atoms in total. The average molecular weight is 597 g/mol. The lowest BCUT2D eigenvalue weighted by Gasteiger charge is -2.36. The van der Waals surface area contributed by atoms with Gasteiger partial charge in [0.15, 0.2) is 0 Å². The van der Waals surface area contributed by atoms with Crippen molar-refractivity contribution in [2.45, 2.75) is 37.4 Å². The van der Waals surface area contributed by atoms with E-state index in [2.05, 4.69) is 10.3 Å². The Labute approximate surface area is 250 Å². The summed E-state index contributed by atoms with van der Waals surface area (Å²) in [7, 11) is 1.54. The number of imide groups is 1. The largest absolute Gasteiger partial charge is 0.497 e. The molecule has 0 radical (unpaired) electrons. The van der Waals surface area contributed by atoms with Crippen LogP contribution in [0.3, 0.4) is 0 Å². The Morgan fingerprint density at radius 3 is 2.52 bits per heavy atom. The lowest BCUT2D eigenvalue weighted by Crippen LogP contribution is -2.44. The Morgan fingerprint density at radius 2 is 1.77 bits per heavy atom. The maximum Gasteiger partial charge on any atom is 0.332 e. The van der Waals surface area contributed by atoms with Crippen molar-refractivity contribution >= 4 is 46.4 Å². The highest BCUT2D eigenvalue weighted by Gasteiger charge is 2.53. The molecule has 1 fully saturated rings. The van der Waals surface area contributed by atoms with Gasteiger partial charge in [-0.3, -0.25) is 19.3 Å². The molecule has 1 saturated heterocycles. The number of urea groups is 1. The molecule has 4 aromatic rings. The number of H-pyrrole nitrogens is 1. The average Bonchev–Trinajstić information content (AvgIpc) is 3.51. The third-order valence-corrected chi connectivity index (χ3v) is 8.10. The number of carboxylic acids is 2. The summed E-state index contributed by atoms with van der Waals surface area (Å²) in [5.41, 5.74) is 3.17. The minimum Gasteiger partial charge on any atom is -0.497 e. The summed E-state index contributed by atoms with van der Waals surface area (Å²) in [6.07, 6.45) is -0.575. The summed E-state index contributed by atoms with van der Waals surface area (Å²) in [4.78, 5) is 70.5. The smallest absolute Gasteiger partial charge is 0.332 e. The van der Waals surface area contributed by atoms with Gasteiger partial charge in [-0.15, -0.1) is 0 Å². The first-order valence-electron chi connectivity index (χ1n) is 13.9. The lowest BCUT2D eigenvalue weighted by atomic mass is 9.89.